The molecule has 1 aromatic carbocycles. The van der Waals surface area contributed by atoms with Gasteiger partial charge in [-0.2, -0.15) is 5.10 Å². The lowest BCUT2D eigenvalue weighted by atomic mass is 10.2. The molecule has 0 unspecified atom stereocenters. The number of aromatic amines is 2. The summed E-state index contributed by atoms with van der Waals surface area (Å²) >= 11 is 3.30. The van der Waals surface area contributed by atoms with Crippen LogP contribution in [0.1, 0.15) is 11.4 Å². The number of halogens is 2. The van der Waals surface area contributed by atoms with Crippen LogP contribution < -0.4 is 5.69 Å². The van der Waals surface area contributed by atoms with Gasteiger partial charge in [-0.3, -0.25) is 9.88 Å². The van der Waals surface area contributed by atoms with Crippen molar-refractivity contribution in [1.82, 2.24) is 20.1 Å². The number of aromatic nitrogens is 3. The van der Waals surface area contributed by atoms with E-state index in [9.17, 15) is 9.18 Å². The molecule has 6 nitrogen and oxygen atoms in total. The van der Waals surface area contributed by atoms with Crippen molar-refractivity contribution in [2.45, 2.75) is 13.1 Å². The molecule has 0 saturated carbocycles. The maximum atomic E-state index is 13.7. The molecule has 0 aliphatic heterocycles. The molecule has 0 fully saturated rings. The molecular weight excluding hydrogens is 331 g/mol. The molecule has 0 aliphatic rings. The third-order valence-electron chi connectivity index (χ3n) is 2.74. The van der Waals surface area contributed by atoms with Gasteiger partial charge in [-0.1, -0.05) is 15.9 Å². The highest BCUT2D eigenvalue weighted by Gasteiger charge is 2.12. The molecule has 0 amide bonds. The Kier molecular flexibility index (Phi) is 5.05. The number of aliphatic hydroxyl groups excluding tert-OH is 1. The van der Waals surface area contributed by atoms with Gasteiger partial charge in [0.1, 0.15) is 11.6 Å². The lowest BCUT2D eigenvalue weighted by Gasteiger charge is -2.20. The van der Waals surface area contributed by atoms with Gasteiger partial charge in [0.05, 0.1) is 13.2 Å². The Bertz CT molecular complexity index is 628. The van der Waals surface area contributed by atoms with Crippen molar-refractivity contribution in [3.8, 4) is 0 Å². The van der Waals surface area contributed by atoms with E-state index in [1.807, 2.05) is 0 Å². The van der Waals surface area contributed by atoms with Crippen LogP contribution in [0.25, 0.3) is 0 Å². The van der Waals surface area contributed by atoms with Gasteiger partial charge in [0.15, 0.2) is 0 Å². The summed E-state index contributed by atoms with van der Waals surface area (Å²) < 4.78 is 14.5. The fourth-order valence-corrected chi connectivity index (χ4v) is 2.26. The quantitative estimate of drug-likeness (QED) is 0.729. The highest BCUT2D eigenvalue weighted by molar-refractivity contribution is 9.10. The van der Waals surface area contributed by atoms with Crippen molar-refractivity contribution in [1.29, 1.82) is 0 Å². The average Bonchev–Trinajstić information content (AvgIpc) is 2.79. The topological polar surface area (TPSA) is 85.0 Å². The summed E-state index contributed by atoms with van der Waals surface area (Å²) in [6, 6.07) is 4.69. The first kappa shape index (κ1) is 14.9. The molecule has 0 atom stereocenters. The van der Waals surface area contributed by atoms with E-state index in [0.717, 1.165) is 4.47 Å². The summed E-state index contributed by atoms with van der Waals surface area (Å²) in [6.07, 6.45) is 0. The van der Waals surface area contributed by atoms with Gasteiger partial charge in [0.2, 0.25) is 0 Å². The molecule has 108 valence electrons. The summed E-state index contributed by atoms with van der Waals surface area (Å²) in [5.41, 5.74) is 0.114. The molecule has 0 spiro atoms. The maximum absolute atomic E-state index is 13.7. The molecular formula is C12H14BrFN4O2. The van der Waals surface area contributed by atoms with Crippen LogP contribution in [0.5, 0.6) is 0 Å². The van der Waals surface area contributed by atoms with E-state index in [0.29, 0.717) is 31.0 Å². The fraction of sp³-hybridized carbons (Fsp3) is 0.333. The Labute approximate surface area is 122 Å². The molecule has 8 heteroatoms. The predicted molar refractivity (Wildman–Crippen MR) is 74.5 cm³/mol. The fourth-order valence-electron chi connectivity index (χ4n) is 1.85. The van der Waals surface area contributed by atoms with Crippen LogP contribution in [-0.2, 0) is 13.1 Å². The first-order valence-electron chi connectivity index (χ1n) is 5.99. The van der Waals surface area contributed by atoms with Crippen LogP contribution in [0.15, 0.2) is 27.5 Å². The van der Waals surface area contributed by atoms with Crippen LogP contribution in [0.3, 0.4) is 0 Å². The Morgan fingerprint density at radius 1 is 1.40 bits per heavy atom. The van der Waals surface area contributed by atoms with Crippen molar-refractivity contribution in [2.75, 3.05) is 13.2 Å². The van der Waals surface area contributed by atoms with Crippen molar-refractivity contribution >= 4 is 15.9 Å². The van der Waals surface area contributed by atoms with Gasteiger partial charge in [0, 0.05) is 23.1 Å². The first-order valence-corrected chi connectivity index (χ1v) is 6.78. The molecule has 0 bridgehead atoms. The summed E-state index contributed by atoms with van der Waals surface area (Å²) in [6.45, 7) is 0.900. The smallest absolute Gasteiger partial charge is 0.340 e. The third-order valence-corrected chi connectivity index (χ3v) is 3.23. The Morgan fingerprint density at radius 3 is 2.85 bits per heavy atom. The maximum Gasteiger partial charge on any atom is 0.340 e. The number of benzene rings is 1. The van der Waals surface area contributed by atoms with Crippen LogP contribution in [0, 0.1) is 5.82 Å². The van der Waals surface area contributed by atoms with E-state index in [-0.39, 0.29) is 12.4 Å². The zero-order chi connectivity index (χ0) is 14.5. The average molecular weight is 345 g/mol. The van der Waals surface area contributed by atoms with Crippen LogP contribution in [0.4, 0.5) is 4.39 Å². The van der Waals surface area contributed by atoms with Gasteiger partial charge in [-0.05, 0) is 18.2 Å². The third kappa shape index (κ3) is 3.99. The predicted octanol–water partition coefficient (Wildman–Crippen LogP) is 0.994. The van der Waals surface area contributed by atoms with Gasteiger partial charge in [-0.25, -0.2) is 14.3 Å². The first-order chi connectivity index (χ1) is 9.58. The minimum Gasteiger partial charge on any atom is -0.395 e. The van der Waals surface area contributed by atoms with Crippen molar-refractivity contribution < 1.29 is 9.50 Å². The Hall–Kier alpha value is -1.51. The lowest BCUT2D eigenvalue weighted by Crippen LogP contribution is -2.27. The van der Waals surface area contributed by atoms with Crippen LogP contribution in [-0.4, -0.2) is 38.3 Å². The highest BCUT2D eigenvalue weighted by Crippen LogP contribution is 2.17. The number of H-pyrrole nitrogens is 2. The van der Waals surface area contributed by atoms with E-state index >= 15 is 0 Å². The molecule has 2 rings (SSSR count). The number of rotatable bonds is 6. The molecule has 1 heterocycles. The van der Waals surface area contributed by atoms with E-state index in [1.54, 1.807) is 17.0 Å². The largest absolute Gasteiger partial charge is 0.395 e. The summed E-state index contributed by atoms with van der Waals surface area (Å²) in [5.74, 6) is 0.130. The van der Waals surface area contributed by atoms with Gasteiger partial charge in [-0.15, -0.1) is 0 Å². The second-order valence-electron chi connectivity index (χ2n) is 4.29. The highest BCUT2D eigenvalue weighted by atomic mass is 79.9. The second kappa shape index (κ2) is 6.78. The number of hydrogen-bond acceptors (Lipinski definition) is 4. The van der Waals surface area contributed by atoms with Crippen LogP contribution in [0.2, 0.25) is 0 Å². The van der Waals surface area contributed by atoms with Crippen LogP contribution >= 0.6 is 15.9 Å². The molecule has 0 radical (unpaired) electrons. The summed E-state index contributed by atoms with van der Waals surface area (Å²) in [7, 11) is 0. The number of nitrogens with one attached hydrogen (secondary N) is 2. The van der Waals surface area contributed by atoms with Crippen molar-refractivity contribution in [2.24, 2.45) is 0 Å². The zero-order valence-corrected chi connectivity index (χ0v) is 12.2. The molecule has 1 aromatic heterocycles. The number of hydrogen-bond donors (Lipinski definition) is 3. The van der Waals surface area contributed by atoms with Crippen molar-refractivity contribution in [3.63, 3.8) is 0 Å². The summed E-state index contributed by atoms with van der Waals surface area (Å²) in [5, 5.41) is 15.1. The van der Waals surface area contributed by atoms with Crippen molar-refractivity contribution in [3.05, 3.63) is 50.4 Å². The van der Waals surface area contributed by atoms with Gasteiger partial charge < -0.3 is 5.11 Å². The van der Waals surface area contributed by atoms with Gasteiger partial charge in [0.25, 0.3) is 0 Å². The normalized spacial score (nSPS) is 11.2. The molecule has 0 saturated heterocycles. The van der Waals surface area contributed by atoms with E-state index in [4.69, 9.17) is 5.11 Å². The number of aliphatic hydroxyl groups is 1. The molecule has 2 aromatic rings. The standard InChI is InChI=1S/C12H14BrFN4O2/c13-9-1-2-10(14)8(5-9)6-18(3-4-19)7-11-15-12(20)17-16-11/h1-2,5,19H,3-4,6-7H2,(H2,15,16,17,20). The van der Waals surface area contributed by atoms with Gasteiger partial charge >= 0.3 is 5.69 Å². The zero-order valence-electron chi connectivity index (χ0n) is 10.6. The minimum absolute atomic E-state index is 0.0652. The van der Waals surface area contributed by atoms with E-state index in [2.05, 4.69) is 31.1 Å². The second-order valence-corrected chi connectivity index (χ2v) is 5.21. The molecule has 0 aliphatic carbocycles. The minimum atomic E-state index is -0.391. The SMILES string of the molecule is O=c1[nH]nc(CN(CCO)Cc2cc(Br)ccc2F)[nH]1. The van der Waals surface area contributed by atoms with E-state index in [1.165, 1.54) is 6.07 Å². The molecule has 20 heavy (non-hydrogen) atoms. The summed E-state index contributed by atoms with van der Waals surface area (Å²) in [4.78, 5) is 15.3. The van der Waals surface area contributed by atoms with E-state index < -0.39 is 5.69 Å². The Morgan fingerprint density at radius 2 is 2.20 bits per heavy atom. The monoisotopic (exact) mass is 344 g/mol. The molecule has 3 N–H and O–H groups in total. The Balaban J connectivity index is 2.12. The number of nitrogens with zero attached hydrogens (tertiary/aromatic N) is 2. The lowest BCUT2D eigenvalue weighted by molar-refractivity contribution is 0.180.